The normalized spacial score (nSPS) is 47.0. The molecule has 4 heterocycles. The van der Waals surface area contributed by atoms with Gasteiger partial charge in [0.05, 0.1) is 51.2 Å². The Balaban J connectivity index is 1.52. The summed E-state index contributed by atoms with van der Waals surface area (Å²) in [5, 5.41) is 128. The smallest absolute Gasteiger partial charge is 0.332 e. The number of carbonyl (C=O) groups is 2. The minimum atomic E-state index is -2.46. The van der Waals surface area contributed by atoms with E-state index in [9.17, 15) is 70.9 Å². The maximum atomic E-state index is 12.2. The standard InChI is InChI=1S/C31H53NO22/c1-10-13(38)4-31(48-9-36,54-26(10)19(40)14(39)5-33)47-8-17-21(42)23(44)25(46)30(51-17)53-28-16(7-35)50-29(18(22(28)43)32-12(3)37)52-27-11(2)49-15(6-34)20(41)24(27)45/h9-11,13-30,33-35,38-46H,4-8H2,1-3H3,(H,32,37)/t10-,11-,13-,14?,15?,16+,17?,18?,19+,20-,21+,22?,23+,24+,25?,26?,27?,28-,29+,30+,31+/m1/s1. The second-order valence-corrected chi connectivity index (χ2v) is 13.9. The van der Waals surface area contributed by atoms with Crippen molar-refractivity contribution < 1.29 is 109 Å². The number of rotatable bonds is 15. The van der Waals surface area contributed by atoms with Crippen molar-refractivity contribution in [3.05, 3.63) is 0 Å². The molecule has 21 atom stereocenters. The van der Waals surface area contributed by atoms with Crippen molar-refractivity contribution in [2.45, 2.75) is 149 Å². The van der Waals surface area contributed by atoms with Crippen LogP contribution in [0.15, 0.2) is 0 Å². The first-order valence-corrected chi connectivity index (χ1v) is 17.4. The number of carbonyl (C=O) groups excluding carboxylic acids is 2. The summed E-state index contributed by atoms with van der Waals surface area (Å²) in [5.74, 6) is -4.05. The van der Waals surface area contributed by atoms with E-state index in [1.54, 1.807) is 0 Å². The van der Waals surface area contributed by atoms with Gasteiger partial charge in [-0.25, -0.2) is 0 Å². The van der Waals surface area contributed by atoms with Crippen molar-refractivity contribution >= 4 is 12.4 Å². The van der Waals surface area contributed by atoms with Crippen molar-refractivity contribution in [2.75, 3.05) is 26.4 Å². The lowest BCUT2D eigenvalue weighted by Crippen LogP contribution is -2.69. The predicted molar refractivity (Wildman–Crippen MR) is 169 cm³/mol. The van der Waals surface area contributed by atoms with Gasteiger partial charge in [-0.15, -0.1) is 0 Å². The Morgan fingerprint density at radius 1 is 0.815 bits per heavy atom. The molecule has 0 aliphatic carbocycles. The molecule has 4 aliphatic heterocycles. The van der Waals surface area contributed by atoms with Crippen molar-refractivity contribution in [1.29, 1.82) is 0 Å². The molecule has 0 radical (unpaired) electrons. The molecule has 8 unspecified atom stereocenters. The van der Waals surface area contributed by atoms with E-state index >= 15 is 0 Å². The van der Waals surface area contributed by atoms with E-state index in [0.29, 0.717) is 0 Å². The Hall–Kier alpha value is -1.82. The van der Waals surface area contributed by atoms with Crippen molar-refractivity contribution in [2.24, 2.45) is 5.92 Å². The molecule has 23 nitrogen and oxygen atoms in total. The summed E-state index contributed by atoms with van der Waals surface area (Å²) in [6, 6.07) is -1.51. The third kappa shape index (κ3) is 9.64. The Bertz CT molecular complexity index is 1210. The van der Waals surface area contributed by atoms with Crippen molar-refractivity contribution in [3.63, 3.8) is 0 Å². The van der Waals surface area contributed by atoms with Gasteiger partial charge in [-0.2, -0.15) is 0 Å². The van der Waals surface area contributed by atoms with Crippen LogP contribution in [0.3, 0.4) is 0 Å². The molecule has 13 N–H and O–H groups in total. The quantitative estimate of drug-likeness (QED) is 0.0541. The minimum absolute atomic E-state index is 0.101. The van der Waals surface area contributed by atoms with E-state index < -0.39 is 167 Å². The van der Waals surface area contributed by atoms with Crippen molar-refractivity contribution in [3.8, 4) is 0 Å². The molecule has 0 spiro atoms. The number of hydrogen-bond acceptors (Lipinski definition) is 22. The molecular weight excluding hydrogens is 738 g/mol. The number of aliphatic hydroxyl groups is 12. The summed E-state index contributed by atoms with van der Waals surface area (Å²) < 4.78 is 45.0. The third-order valence-corrected chi connectivity index (χ3v) is 10.1. The zero-order valence-electron chi connectivity index (χ0n) is 29.6. The summed E-state index contributed by atoms with van der Waals surface area (Å²) in [7, 11) is 0. The molecule has 0 saturated carbocycles. The molecule has 1 amide bonds. The second-order valence-electron chi connectivity index (χ2n) is 13.9. The van der Waals surface area contributed by atoms with Crippen LogP contribution in [0.2, 0.25) is 0 Å². The molecule has 4 fully saturated rings. The molecule has 23 heteroatoms. The SMILES string of the molecule is CC(=O)NC1C(O)[C@H](O[C@@H]2OC(CO[C@]3(OC=O)C[C@@H](O)[C@@H](C)C([C@@H](O)C(O)CO)O3)[C@H](O)[C@H](O)C2O)[C@H](CO)O[C@H]1OC1[C@@H](O)[C@H](O)C(CO)O[C@@H]1C. The lowest BCUT2D eigenvalue weighted by molar-refractivity contribution is -0.424. The van der Waals surface area contributed by atoms with Crippen LogP contribution in [-0.4, -0.2) is 222 Å². The first kappa shape index (κ1) is 44.9. The Labute approximate surface area is 308 Å². The fourth-order valence-corrected chi connectivity index (χ4v) is 6.90. The van der Waals surface area contributed by atoms with Crippen LogP contribution < -0.4 is 5.32 Å². The highest BCUT2D eigenvalue weighted by atomic mass is 16.9. The van der Waals surface area contributed by atoms with Crippen molar-refractivity contribution in [1.82, 2.24) is 5.32 Å². The number of hydrogen-bond donors (Lipinski definition) is 13. The van der Waals surface area contributed by atoms with Crippen LogP contribution in [0.25, 0.3) is 0 Å². The maximum Gasteiger partial charge on any atom is 0.332 e. The van der Waals surface area contributed by atoms with Crippen LogP contribution in [0, 0.1) is 5.92 Å². The zero-order chi connectivity index (χ0) is 40.2. The number of aliphatic hydroxyl groups excluding tert-OH is 12. The molecule has 314 valence electrons. The Morgan fingerprint density at radius 2 is 1.43 bits per heavy atom. The van der Waals surface area contributed by atoms with Gasteiger partial charge in [0.15, 0.2) is 12.6 Å². The first-order chi connectivity index (χ1) is 25.4. The molecule has 4 saturated heterocycles. The predicted octanol–water partition coefficient (Wildman–Crippen LogP) is -8.01. The van der Waals surface area contributed by atoms with E-state index in [-0.39, 0.29) is 6.47 Å². The Kier molecular flexibility index (Phi) is 15.9. The molecule has 0 bridgehead atoms. The van der Waals surface area contributed by atoms with E-state index in [2.05, 4.69) is 5.32 Å². The fraction of sp³-hybridized carbons (Fsp3) is 0.935. The van der Waals surface area contributed by atoms with Gasteiger partial charge in [0.1, 0.15) is 85.4 Å². The molecule has 4 aliphatic rings. The van der Waals surface area contributed by atoms with Gasteiger partial charge < -0.3 is 104 Å². The summed E-state index contributed by atoms with van der Waals surface area (Å²) in [4.78, 5) is 23.7. The number of nitrogens with one attached hydrogen (secondary N) is 1. The van der Waals surface area contributed by atoms with E-state index in [4.69, 9.17) is 37.9 Å². The van der Waals surface area contributed by atoms with Gasteiger partial charge in [-0.1, -0.05) is 6.92 Å². The molecular formula is C31H53NO22. The first-order valence-electron chi connectivity index (χ1n) is 17.4. The van der Waals surface area contributed by atoms with Gasteiger partial charge in [0.25, 0.3) is 6.47 Å². The van der Waals surface area contributed by atoms with Gasteiger partial charge in [0.2, 0.25) is 5.91 Å². The highest BCUT2D eigenvalue weighted by Gasteiger charge is 2.55. The average molecular weight is 792 g/mol. The highest BCUT2D eigenvalue weighted by molar-refractivity contribution is 5.73. The molecule has 0 aromatic carbocycles. The van der Waals surface area contributed by atoms with Gasteiger partial charge in [0, 0.05) is 12.8 Å². The molecule has 0 aromatic heterocycles. The van der Waals surface area contributed by atoms with E-state index in [1.807, 2.05) is 0 Å². The monoisotopic (exact) mass is 791 g/mol. The van der Waals surface area contributed by atoms with Crippen LogP contribution in [0.4, 0.5) is 0 Å². The highest BCUT2D eigenvalue weighted by Crippen LogP contribution is 2.38. The average Bonchev–Trinajstić information content (AvgIpc) is 3.14. The van der Waals surface area contributed by atoms with Crippen LogP contribution >= 0.6 is 0 Å². The zero-order valence-corrected chi connectivity index (χ0v) is 29.6. The summed E-state index contributed by atoms with van der Waals surface area (Å²) in [6.45, 7) is 0.690. The van der Waals surface area contributed by atoms with E-state index in [0.717, 1.165) is 6.92 Å². The van der Waals surface area contributed by atoms with E-state index in [1.165, 1.54) is 13.8 Å². The fourth-order valence-electron chi connectivity index (χ4n) is 6.90. The summed E-state index contributed by atoms with van der Waals surface area (Å²) in [6.07, 6.45) is -29.8. The van der Waals surface area contributed by atoms with Crippen LogP contribution in [0.1, 0.15) is 27.2 Å². The summed E-state index contributed by atoms with van der Waals surface area (Å²) in [5.41, 5.74) is 0. The summed E-state index contributed by atoms with van der Waals surface area (Å²) >= 11 is 0. The van der Waals surface area contributed by atoms with Crippen LogP contribution in [0.5, 0.6) is 0 Å². The van der Waals surface area contributed by atoms with Gasteiger partial charge >= 0.3 is 5.97 Å². The number of amides is 1. The minimum Gasteiger partial charge on any atom is -0.410 e. The van der Waals surface area contributed by atoms with Gasteiger partial charge in [-0.05, 0) is 6.92 Å². The topological polar surface area (TPSA) is 363 Å². The van der Waals surface area contributed by atoms with Gasteiger partial charge in [-0.3, -0.25) is 9.59 Å². The molecule has 4 rings (SSSR count). The maximum absolute atomic E-state index is 12.2. The van der Waals surface area contributed by atoms with Crippen LogP contribution in [-0.2, 0) is 47.5 Å². The largest absolute Gasteiger partial charge is 0.410 e. The lowest BCUT2D eigenvalue weighted by Gasteiger charge is -2.49. The Morgan fingerprint density at radius 3 is 2.02 bits per heavy atom. The number of ether oxygens (including phenoxy) is 8. The third-order valence-electron chi connectivity index (χ3n) is 10.1. The lowest BCUT2D eigenvalue weighted by atomic mass is 9.87. The second kappa shape index (κ2) is 19.1. The molecule has 0 aromatic rings. The molecule has 54 heavy (non-hydrogen) atoms.